The van der Waals surface area contributed by atoms with Crippen LogP contribution in [0.4, 0.5) is 0 Å². The first-order chi connectivity index (χ1) is 9.49. The van der Waals surface area contributed by atoms with Crippen molar-refractivity contribution in [2.75, 3.05) is 13.1 Å². The Kier molecular flexibility index (Phi) is 4.29. The Morgan fingerprint density at radius 3 is 2.35 bits per heavy atom. The summed E-state index contributed by atoms with van der Waals surface area (Å²) in [5.41, 5.74) is 5.51. The number of pyridine rings is 1. The summed E-state index contributed by atoms with van der Waals surface area (Å²) in [7, 11) is 0. The lowest BCUT2D eigenvalue weighted by Crippen LogP contribution is -3.10. The largest absolute Gasteiger partial charge is 0.358 e. The van der Waals surface area contributed by atoms with Crippen LogP contribution in [0, 0.1) is 20.8 Å². The van der Waals surface area contributed by atoms with Gasteiger partial charge in [0.15, 0.2) is 5.43 Å². The summed E-state index contributed by atoms with van der Waals surface area (Å²) in [4.78, 5) is 17.6. The molecular formula is C17H25N2O+. The number of H-pyrrole nitrogens is 1. The SMILES string of the molecule is CC[NH+](CC)Cc1c(C)[nH]c2c(C)c(C)ccc2c1=O. The minimum Gasteiger partial charge on any atom is -0.358 e. The standard InChI is InChI=1S/C17H24N2O/c1-6-19(7-2)10-15-13(5)18-16-12(4)11(3)8-9-14(16)17(15)20/h8-9H,6-7,10H2,1-5H3,(H,18,20)/p+1. The summed E-state index contributed by atoms with van der Waals surface area (Å²) in [6.07, 6.45) is 0. The molecule has 2 aromatic rings. The zero-order chi connectivity index (χ0) is 14.9. The molecule has 0 aliphatic rings. The lowest BCUT2D eigenvalue weighted by molar-refractivity contribution is -0.910. The summed E-state index contributed by atoms with van der Waals surface area (Å²) >= 11 is 0. The number of fused-ring (bicyclic) bond motifs is 1. The molecule has 1 heterocycles. The molecule has 0 saturated heterocycles. The molecule has 0 unspecified atom stereocenters. The topological polar surface area (TPSA) is 37.3 Å². The van der Waals surface area contributed by atoms with Crippen molar-refractivity contribution in [1.29, 1.82) is 0 Å². The molecule has 2 rings (SSSR count). The Bertz CT molecular complexity index is 681. The monoisotopic (exact) mass is 273 g/mol. The lowest BCUT2D eigenvalue weighted by atomic mass is 10.0. The Morgan fingerprint density at radius 1 is 1.10 bits per heavy atom. The Hall–Kier alpha value is -1.61. The number of benzene rings is 1. The molecule has 20 heavy (non-hydrogen) atoms. The molecule has 2 N–H and O–H groups in total. The summed E-state index contributed by atoms with van der Waals surface area (Å²) in [6, 6.07) is 3.99. The van der Waals surface area contributed by atoms with Gasteiger partial charge in [0.1, 0.15) is 6.54 Å². The highest BCUT2D eigenvalue weighted by Gasteiger charge is 2.15. The highest BCUT2D eigenvalue weighted by molar-refractivity contribution is 5.83. The van der Waals surface area contributed by atoms with Crippen LogP contribution in [-0.4, -0.2) is 18.1 Å². The third-order valence-electron chi connectivity index (χ3n) is 4.45. The van der Waals surface area contributed by atoms with Gasteiger partial charge in [-0.3, -0.25) is 4.79 Å². The van der Waals surface area contributed by atoms with Crippen molar-refractivity contribution in [3.05, 3.63) is 44.7 Å². The van der Waals surface area contributed by atoms with Crippen LogP contribution in [0.3, 0.4) is 0 Å². The molecule has 0 amide bonds. The maximum absolute atomic E-state index is 12.7. The van der Waals surface area contributed by atoms with Gasteiger partial charge in [0, 0.05) is 11.1 Å². The number of hydrogen-bond donors (Lipinski definition) is 2. The lowest BCUT2D eigenvalue weighted by Gasteiger charge is -2.17. The maximum Gasteiger partial charge on any atom is 0.198 e. The van der Waals surface area contributed by atoms with Crippen molar-refractivity contribution in [2.24, 2.45) is 0 Å². The van der Waals surface area contributed by atoms with E-state index in [1.807, 2.05) is 19.1 Å². The van der Waals surface area contributed by atoms with Crippen LogP contribution >= 0.6 is 0 Å². The molecule has 0 atom stereocenters. The van der Waals surface area contributed by atoms with E-state index in [0.717, 1.165) is 41.8 Å². The van der Waals surface area contributed by atoms with Gasteiger partial charge in [0.2, 0.25) is 0 Å². The minimum atomic E-state index is 0.193. The average Bonchev–Trinajstić information content (AvgIpc) is 2.44. The number of aryl methyl sites for hydroxylation is 3. The van der Waals surface area contributed by atoms with E-state index in [-0.39, 0.29) is 5.43 Å². The van der Waals surface area contributed by atoms with E-state index in [1.54, 1.807) is 0 Å². The molecule has 0 spiro atoms. The molecular weight excluding hydrogens is 248 g/mol. The summed E-state index contributed by atoms with van der Waals surface area (Å²) in [5, 5.41) is 0.820. The van der Waals surface area contributed by atoms with Gasteiger partial charge in [0.25, 0.3) is 0 Å². The van der Waals surface area contributed by atoms with Crippen molar-refractivity contribution in [2.45, 2.75) is 41.2 Å². The molecule has 0 aliphatic heterocycles. The van der Waals surface area contributed by atoms with Gasteiger partial charge in [-0.1, -0.05) is 6.07 Å². The van der Waals surface area contributed by atoms with Crippen LogP contribution < -0.4 is 10.3 Å². The first kappa shape index (κ1) is 14.8. The smallest absolute Gasteiger partial charge is 0.198 e. The second-order valence-electron chi connectivity index (χ2n) is 5.62. The average molecular weight is 273 g/mol. The van der Waals surface area contributed by atoms with Gasteiger partial charge >= 0.3 is 0 Å². The summed E-state index contributed by atoms with van der Waals surface area (Å²) in [6.45, 7) is 13.4. The van der Waals surface area contributed by atoms with E-state index >= 15 is 0 Å². The third-order valence-corrected chi connectivity index (χ3v) is 4.45. The molecule has 0 aliphatic carbocycles. The molecule has 0 bridgehead atoms. The number of aromatic nitrogens is 1. The van der Waals surface area contributed by atoms with Crippen LogP contribution in [-0.2, 0) is 6.54 Å². The maximum atomic E-state index is 12.7. The van der Waals surface area contributed by atoms with Gasteiger partial charge in [-0.15, -0.1) is 0 Å². The molecule has 0 saturated carbocycles. The predicted octanol–water partition coefficient (Wildman–Crippen LogP) is 1.88. The molecule has 0 radical (unpaired) electrons. The quantitative estimate of drug-likeness (QED) is 0.877. The first-order valence-corrected chi connectivity index (χ1v) is 7.44. The van der Waals surface area contributed by atoms with Gasteiger partial charge in [-0.05, 0) is 51.8 Å². The third kappa shape index (κ3) is 2.50. The van der Waals surface area contributed by atoms with Gasteiger partial charge in [0.05, 0.1) is 24.2 Å². The number of aromatic amines is 1. The van der Waals surface area contributed by atoms with Crippen LogP contribution in [0.15, 0.2) is 16.9 Å². The number of hydrogen-bond acceptors (Lipinski definition) is 1. The van der Waals surface area contributed by atoms with E-state index in [1.165, 1.54) is 16.0 Å². The second-order valence-corrected chi connectivity index (χ2v) is 5.62. The molecule has 1 aromatic heterocycles. The van der Waals surface area contributed by atoms with E-state index in [9.17, 15) is 4.79 Å². The highest BCUT2D eigenvalue weighted by atomic mass is 16.1. The fourth-order valence-electron chi connectivity index (χ4n) is 2.72. The molecule has 3 heteroatoms. The van der Waals surface area contributed by atoms with Gasteiger partial charge < -0.3 is 9.88 Å². The zero-order valence-corrected chi connectivity index (χ0v) is 13.2. The van der Waals surface area contributed by atoms with Gasteiger partial charge in [-0.25, -0.2) is 0 Å². The predicted molar refractivity (Wildman–Crippen MR) is 84.5 cm³/mol. The van der Waals surface area contributed by atoms with E-state index in [2.05, 4.69) is 32.7 Å². The van der Waals surface area contributed by atoms with E-state index in [0.29, 0.717) is 0 Å². The van der Waals surface area contributed by atoms with Crippen molar-refractivity contribution >= 4 is 10.9 Å². The Balaban J connectivity index is 2.64. The van der Waals surface area contributed by atoms with Crippen LogP contribution in [0.25, 0.3) is 10.9 Å². The summed E-state index contributed by atoms with van der Waals surface area (Å²) in [5.74, 6) is 0. The molecule has 108 valence electrons. The molecule has 3 nitrogen and oxygen atoms in total. The fourth-order valence-corrected chi connectivity index (χ4v) is 2.72. The normalized spacial score (nSPS) is 11.5. The van der Waals surface area contributed by atoms with Crippen molar-refractivity contribution < 1.29 is 4.90 Å². The second kappa shape index (κ2) is 5.80. The van der Waals surface area contributed by atoms with E-state index in [4.69, 9.17) is 0 Å². The van der Waals surface area contributed by atoms with Gasteiger partial charge in [-0.2, -0.15) is 0 Å². The van der Waals surface area contributed by atoms with Crippen LogP contribution in [0.1, 0.15) is 36.2 Å². The number of nitrogens with one attached hydrogen (secondary N) is 2. The van der Waals surface area contributed by atoms with Crippen molar-refractivity contribution in [3.8, 4) is 0 Å². The van der Waals surface area contributed by atoms with Crippen molar-refractivity contribution in [3.63, 3.8) is 0 Å². The van der Waals surface area contributed by atoms with Crippen LogP contribution in [0.5, 0.6) is 0 Å². The number of quaternary nitrogens is 1. The summed E-state index contributed by atoms with van der Waals surface area (Å²) < 4.78 is 0. The van der Waals surface area contributed by atoms with Crippen molar-refractivity contribution in [1.82, 2.24) is 4.98 Å². The fraction of sp³-hybridized carbons (Fsp3) is 0.471. The first-order valence-electron chi connectivity index (χ1n) is 7.44. The minimum absolute atomic E-state index is 0.193. The zero-order valence-electron chi connectivity index (χ0n) is 13.2. The Morgan fingerprint density at radius 2 is 1.75 bits per heavy atom. The Labute approximate surface area is 120 Å². The number of rotatable bonds is 4. The van der Waals surface area contributed by atoms with Crippen LogP contribution in [0.2, 0.25) is 0 Å². The molecule has 0 fully saturated rings. The molecule has 1 aromatic carbocycles. The van der Waals surface area contributed by atoms with E-state index < -0.39 is 0 Å². The highest BCUT2D eigenvalue weighted by Crippen LogP contribution is 2.18.